The normalized spacial score (nSPS) is 13.0. The number of hydrogen-bond donors (Lipinski definition) is 2. The number of rotatable bonds is 4. The van der Waals surface area contributed by atoms with E-state index in [4.69, 9.17) is 11.6 Å². The summed E-state index contributed by atoms with van der Waals surface area (Å²) in [6.07, 6.45) is -4.60. The van der Waals surface area contributed by atoms with Crippen molar-refractivity contribution in [1.29, 1.82) is 0 Å². The van der Waals surface area contributed by atoms with Crippen molar-refractivity contribution in [3.05, 3.63) is 50.7 Å². The van der Waals surface area contributed by atoms with Gasteiger partial charge in [0.25, 0.3) is 0 Å². The fraction of sp³-hybridized carbons (Fsp3) is 0.214. The molecule has 0 aliphatic heterocycles. The topological polar surface area (TPSA) is 49.3 Å². The van der Waals surface area contributed by atoms with Gasteiger partial charge in [0.2, 0.25) is 0 Å². The highest BCUT2D eigenvalue weighted by Gasteiger charge is 2.33. The lowest BCUT2D eigenvalue weighted by Crippen LogP contribution is -2.19. The van der Waals surface area contributed by atoms with Gasteiger partial charge in [0.05, 0.1) is 10.6 Å². The van der Waals surface area contributed by atoms with Crippen LogP contribution in [-0.4, -0.2) is 11.1 Å². The van der Waals surface area contributed by atoms with Crippen LogP contribution in [0.15, 0.2) is 29.6 Å². The van der Waals surface area contributed by atoms with Gasteiger partial charge in [-0.2, -0.15) is 13.2 Å². The summed E-state index contributed by atoms with van der Waals surface area (Å²) in [7, 11) is 0. The summed E-state index contributed by atoms with van der Waals surface area (Å²) in [4.78, 5) is 11.9. The molecular weight excluding hydrogens is 339 g/mol. The highest BCUT2D eigenvalue weighted by molar-refractivity contribution is 7.10. The summed E-state index contributed by atoms with van der Waals surface area (Å²) >= 11 is 6.76. The number of anilines is 1. The molecule has 2 rings (SSSR count). The van der Waals surface area contributed by atoms with Gasteiger partial charge in [-0.25, -0.2) is 4.79 Å². The third-order valence-electron chi connectivity index (χ3n) is 2.87. The van der Waals surface area contributed by atoms with Crippen molar-refractivity contribution in [2.24, 2.45) is 0 Å². The van der Waals surface area contributed by atoms with Crippen LogP contribution in [0.4, 0.5) is 18.9 Å². The molecule has 0 saturated heterocycles. The van der Waals surface area contributed by atoms with E-state index in [1.165, 1.54) is 17.4 Å². The van der Waals surface area contributed by atoms with E-state index in [0.717, 1.165) is 17.7 Å². The number of thiophene rings is 1. The molecule has 0 aliphatic carbocycles. The van der Waals surface area contributed by atoms with Crippen LogP contribution < -0.4 is 5.32 Å². The molecule has 2 N–H and O–H groups in total. The summed E-state index contributed by atoms with van der Waals surface area (Å²) in [6.45, 7) is 1.81. The quantitative estimate of drug-likeness (QED) is 0.819. The minimum Gasteiger partial charge on any atom is -0.479 e. The SMILES string of the molecule is Cc1csc(C(Nc2ccc(Cl)c(C(F)(F)F)c2)C(=O)O)c1. The first kappa shape index (κ1) is 16.6. The zero-order valence-corrected chi connectivity index (χ0v) is 12.8. The molecule has 8 heteroatoms. The van der Waals surface area contributed by atoms with Gasteiger partial charge in [-0.3, -0.25) is 0 Å². The van der Waals surface area contributed by atoms with Crippen molar-refractivity contribution in [2.45, 2.75) is 19.1 Å². The zero-order chi connectivity index (χ0) is 16.5. The average Bonchev–Trinajstić information content (AvgIpc) is 2.82. The van der Waals surface area contributed by atoms with Crippen molar-refractivity contribution >= 4 is 34.6 Å². The second-order valence-electron chi connectivity index (χ2n) is 4.63. The molecule has 1 aromatic heterocycles. The number of halogens is 4. The summed E-state index contributed by atoms with van der Waals surface area (Å²) in [5.74, 6) is -1.18. The number of benzene rings is 1. The number of carbonyl (C=O) groups is 1. The van der Waals surface area contributed by atoms with Crippen molar-refractivity contribution < 1.29 is 23.1 Å². The first-order chi connectivity index (χ1) is 10.2. The van der Waals surface area contributed by atoms with Crippen molar-refractivity contribution in [1.82, 2.24) is 0 Å². The fourth-order valence-corrected chi connectivity index (χ4v) is 3.02. The molecule has 1 aromatic carbocycles. The predicted molar refractivity (Wildman–Crippen MR) is 79.5 cm³/mol. The smallest absolute Gasteiger partial charge is 0.417 e. The van der Waals surface area contributed by atoms with Gasteiger partial charge in [0, 0.05) is 10.6 Å². The Morgan fingerprint density at radius 2 is 2.05 bits per heavy atom. The standard InChI is InChI=1S/C14H11ClF3NO2S/c1-7-4-11(22-6-7)12(13(20)21)19-8-2-3-10(15)9(5-8)14(16,17)18/h2-6,12,19H,1H3,(H,20,21). The summed E-state index contributed by atoms with van der Waals surface area (Å²) < 4.78 is 38.5. The van der Waals surface area contributed by atoms with Gasteiger partial charge in [-0.05, 0) is 42.1 Å². The van der Waals surface area contributed by atoms with E-state index < -0.39 is 28.8 Å². The third-order valence-corrected chi connectivity index (χ3v) is 4.31. The van der Waals surface area contributed by atoms with Gasteiger partial charge in [0.15, 0.2) is 6.04 Å². The Bertz CT molecular complexity index is 700. The number of nitrogens with one attached hydrogen (secondary N) is 1. The number of carboxylic acids is 1. The lowest BCUT2D eigenvalue weighted by molar-refractivity contribution is -0.138. The maximum Gasteiger partial charge on any atom is 0.417 e. The van der Waals surface area contributed by atoms with Crippen LogP contribution in [0, 0.1) is 6.92 Å². The number of aliphatic carboxylic acids is 1. The maximum atomic E-state index is 12.8. The van der Waals surface area contributed by atoms with Crippen molar-refractivity contribution in [2.75, 3.05) is 5.32 Å². The summed E-state index contributed by atoms with van der Waals surface area (Å²) in [6, 6.07) is 3.76. The highest BCUT2D eigenvalue weighted by Crippen LogP contribution is 2.37. The van der Waals surface area contributed by atoms with Crippen LogP contribution >= 0.6 is 22.9 Å². The molecule has 1 heterocycles. The Kier molecular flexibility index (Phi) is 4.67. The van der Waals surface area contributed by atoms with Crippen LogP contribution in [0.25, 0.3) is 0 Å². The molecular formula is C14H11ClF3NO2S. The van der Waals surface area contributed by atoms with Crippen LogP contribution in [0.1, 0.15) is 22.0 Å². The van der Waals surface area contributed by atoms with Gasteiger partial charge < -0.3 is 10.4 Å². The molecule has 1 unspecified atom stereocenters. The third kappa shape index (κ3) is 3.72. The maximum absolute atomic E-state index is 12.8. The lowest BCUT2D eigenvalue weighted by atomic mass is 10.1. The lowest BCUT2D eigenvalue weighted by Gasteiger charge is -2.16. The number of alkyl halides is 3. The summed E-state index contributed by atoms with van der Waals surface area (Å²) in [5.41, 5.74) is -0.0824. The average molecular weight is 350 g/mol. The highest BCUT2D eigenvalue weighted by atomic mass is 35.5. The van der Waals surface area contributed by atoms with Crippen molar-refractivity contribution in [3.8, 4) is 0 Å². The van der Waals surface area contributed by atoms with Crippen LogP contribution in [-0.2, 0) is 11.0 Å². The summed E-state index contributed by atoms with van der Waals surface area (Å²) in [5, 5.41) is 13.2. The molecule has 0 bridgehead atoms. The molecule has 0 spiro atoms. The van der Waals surface area contributed by atoms with E-state index in [1.807, 2.05) is 6.92 Å². The minimum atomic E-state index is -4.60. The van der Waals surface area contributed by atoms with Crippen LogP contribution in [0.3, 0.4) is 0 Å². The van der Waals surface area contributed by atoms with E-state index in [1.54, 1.807) is 11.4 Å². The zero-order valence-electron chi connectivity index (χ0n) is 11.2. The first-order valence-electron chi connectivity index (χ1n) is 6.09. The molecule has 0 amide bonds. The predicted octanol–water partition coefficient (Wildman–Crippen LogP) is 4.97. The van der Waals surface area contributed by atoms with Gasteiger partial charge in [0.1, 0.15) is 0 Å². The van der Waals surface area contributed by atoms with Crippen molar-refractivity contribution in [3.63, 3.8) is 0 Å². The van der Waals surface area contributed by atoms with E-state index in [9.17, 15) is 23.1 Å². The molecule has 1 atom stereocenters. The van der Waals surface area contributed by atoms with E-state index in [0.29, 0.717) is 4.88 Å². The van der Waals surface area contributed by atoms with E-state index >= 15 is 0 Å². The molecule has 0 aliphatic rings. The number of aryl methyl sites for hydroxylation is 1. The molecule has 118 valence electrons. The van der Waals surface area contributed by atoms with Gasteiger partial charge >= 0.3 is 12.1 Å². The number of carboxylic acid groups (broad SMARTS) is 1. The first-order valence-corrected chi connectivity index (χ1v) is 7.35. The second-order valence-corrected chi connectivity index (χ2v) is 5.98. The fourth-order valence-electron chi connectivity index (χ4n) is 1.86. The van der Waals surface area contributed by atoms with E-state index in [2.05, 4.69) is 5.32 Å². The Hall–Kier alpha value is -1.73. The molecule has 3 nitrogen and oxygen atoms in total. The molecule has 0 radical (unpaired) electrons. The minimum absolute atomic E-state index is 0.0372. The number of hydrogen-bond acceptors (Lipinski definition) is 3. The largest absolute Gasteiger partial charge is 0.479 e. The van der Waals surface area contributed by atoms with E-state index in [-0.39, 0.29) is 5.69 Å². The molecule has 22 heavy (non-hydrogen) atoms. The monoisotopic (exact) mass is 349 g/mol. The molecule has 0 fully saturated rings. The Morgan fingerprint density at radius 1 is 1.36 bits per heavy atom. The Labute approximate surface area is 133 Å². The van der Waals surface area contributed by atoms with Crippen LogP contribution in [0.5, 0.6) is 0 Å². The van der Waals surface area contributed by atoms with Gasteiger partial charge in [-0.15, -0.1) is 11.3 Å². The molecule has 0 saturated carbocycles. The molecule has 2 aromatic rings. The van der Waals surface area contributed by atoms with Crippen LogP contribution in [0.2, 0.25) is 5.02 Å². The second kappa shape index (κ2) is 6.18. The Balaban J connectivity index is 2.33. The van der Waals surface area contributed by atoms with Gasteiger partial charge in [-0.1, -0.05) is 11.6 Å². The Morgan fingerprint density at radius 3 is 2.55 bits per heavy atom.